The van der Waals surface area contributed by atoms with Crippen LogP contribution in [0.5, 0.6) is 0 Å². The number of carbonyl (C=O) groups is 1. The average Bonchev–Trinajstić information content (AvgIpc) is 3.47. The highest BCUT2D eigenvalue weighted by molar-refractivity contribution is 5.97. The van der Waals surface area contributed by atoms with Crippen LogP contribution in [0.15, 0.2) is 27.5 Å². The topological polar surface area (TPSA) is 106 Å². The minimum atomic E-state index is -0.590. The second-order valence-electron chi connectivity index (χ2n) is 8.35. The van der Waals surface area contributed by atoms with E-state index in [9.17, 15) is 9.59 Å². The normalized spacial score (nSPS) is 19.2. The molecule has 2 aromatic heterocycles. The van der Waals surface area contributed by atoms with Crippen molar-refractivity contribution >= 4 is 16.9 Å². The van der Waals surface area contributed by atoms with Crippen molar-refractivity contribution in [1.29, 1.82) is 0 Å². The van der Waals surface area contributed by atoms with E-state index in [1.165, 1.54) is 0 Å². The molecule has 1 aromatic carbocycles. The number of hydrogen-bond acceptors (Lipinski definition) is 5. The maximum absolute atomic E-state index is 13.1. The number of aromatic amines is 1. The third-order valence-electron chi connectivity index (χ3n) is 6.43. The lowest BCUT2D eigenvalue weighted by molar-refractivity contribution is 0.0892. The highest BCUT2D eigenvalue weighted by atomic mass is 16.5. The van der Waals surface area contributed by atoms with E-state index in [1.807, 2.05) is 10.6 Å². The minimum Gasteiger partial charge on any atom is -0.340 e. The lowest BCUT2D eigenvalue weighted by Gasteiger charge is -2.26. The van der Waals surface area contributed by atoms with Gasteiger partial charge in [-0.25, -0.2) is 4.79 Å². The van der Waals surface area contributed by atoms with Crippen LogP contribution in [-0.4, -0.2) is 25.6 Å². The summed E-state index contributed by atoms with van der Waals surface area (Å²) in [6.45, 7) is 1.75. The Morgan fingerprint density at radius 3 is 2.69 bits per heavy atom. The highest BCUT2D eigenvalue weighted by Crippen LogP contribution is 2.37. The molecular weight excluding hydrogens is 370 g/mol. The molecule has 0 spiro atoms. The number of fused-ring (bicyclic) bond motifs is 1. The molecule has 5 rings (SSSR count). The van der Waals surface area contributed by atoms with Gasteiger partial charge in [0.15, 0.2) is 5.82 Å². The van der Waals surface area contributed by atoms with E-state index >= 15 is 0 Å². The number of H-pyrrole nitrogens is 1. The summed E-state index contributed by atoms with van der Waals surface area (Å²) in [6, 6.07) is 5.68. The largest absolute Gasteiger partial charge is 0.340 e. The maximum Gasteiger partial charge on any atom is 0.326 e. The minimum absolute atomic E-state index is 0.0982. The van der Waals surface area contributed by atoms with Crippen molar-refractivity contribution in [1.82, 2.24) is 25.0 Å². The first-order valence-electron chi connectivity index (χ1n) is 10.4. The zero-order valence-corrected chi connectivity index (χ0v) is 16.5. The fourth-order valence-corrected chi connectivity index (χ4v) is 4.96. The van der Waals surface area contributed by atoms with Gasteiger partial charge < -0.3 is 14.8 Å². The molecule has 1 amide bonds. The molecule has 2 aliphatic rings. The maximum atomic E-state index is 13.1. The second kappa shape index (κ2) is 6.86. The molecule has 152 valence electrons. The Morgan fingerprint density at radius 2 is 2.00 bits per heavy atom. The van der Waals surface area contributed by atoms with E-state index in [0.717, 1.165) is 56.9 Å². The number of aryl methyl sites for hydroxylation is 1. The van der Waals surface area contributed by atoms with Crippen molar-refractivity contribution in [2.24, 2.45) is 0 Å². The van der Waals surface area contributed by atoms with Gasteiger partial charge in [0.05, 0.1) is 11.0 Å². The Bertz CT molecular complexity index is 1110. The van der Waals surface area contributed by atoms with Gasteiger partial charge in [-0.3, -0.25) is 9.36 Å². The van der Waals surface area contributed by atoms with Gasteiger partial charge in [0.25, 0.3) is 5.91 Å². The van der Waals surface area contributed by atoms with Crippen molar-refractivity contribution in [3.05, 3.63) is 46.0 Å². The number of aromatic nitrogens is 4. The molecule has 2 fully saturated rings. The zero-order chi connectivity index (χ0) is 20.0. The summed E-state index contributed by atoms with van der Waals surface area (Å²) < 4.78 is 7.01. The van der Waals surface area contributed by atoms with Crippen molar-refractivity contribution in [2.45, 2.75) is 69.9 Å². The van der Waals surface area contributed by atoms with Crippen molar-refractivity contribution in [3.8, 4) is 0 Å². The summed E-state index contributed by atoms with van der Waals surface area (Å²) >= 11 is 0. The van der Waals surface area contributed by atoms with Crippen LogP contribution in [0.1, 0.15) is 79.5 Å². The Kier molecular flexibility index (Phi) is 4.29. The van der Waals surface area contributed by atoms with Gasteiger partial charge in [-0.1, -0.05) is 30.8 Å². The van der Waals surface area contributed by atoms with Crippen molar-refractivity contribution in [2.75, 3.05) is 0 Å². The predicted octanol–water partition coefficient (Wildman–Crippen LogP) is 3.34. The number of benzene rings is 1. The molecule has 3 aromatic rings. The molecule has 2 heterocycles. The first-order chi connectivity index (χ1) is 14.1. The molecule has 0 atom stereocenters. The van der Waals surface area contributed by atoms with Gasteiger partial charge in [0.2, 0.25) is 5.89 Å². The third kappa shape index (κ3) is 3.07. The zero-order valence-electron chi connectivity index (χ0n) is 16.5. The summed E-state index contributed by atoms with van der Waals surface area (Å²) in [7, 11) is 0. The number of rotatable bonds is 4. The standard InChI is InChI=1S/C21H25N5O3/c1-13-22-19(25-29-13)21(10-4-5-11-21)24-18(27)14-8-9-17-16(12-14)23-20(28)26(17)15-6-2-3-7-15/h8-9,12,15H,2-7,10-11H2,1H3,(H,23,28)(H,24,27). The van der Waals surface area contributed by atoms with Crippen LogP contribution < -0.4 is 11.0 Å². The molecule has 8 heteroatoms. The summed E-state index contributed by atoms with van der Waals surface area (Å²) in [5.74, 6) is 0.848. The first-order valence-corrected chi connectivity index (χ1v) is 10.4. The van der Waals surface area contributed by atoms with E-state index in [4.69, 9.17) is 4.52 Å². The SMILES string of the molecule is Cc1nc(C2(NC(=O)c3ccc4c(c3)[nH]c(=O)n4C3CCCC3)CCCC2)no1. The average molecular weight is 395 g/mol. The van der Waals surface area contributed by atoms with E-state index in [0.29, 0.717) is 22.8 Å². The van der Waals surface area contributed by atoms with E-state index in [1.54, 1.807) is 19.1 Å². The number of hydrogen-bond donors (Lipinski definition) is 2. The van der Waals surface area contributed by atoms with Gasteiger partial charge >= 0.3 is 5.69 Å². The Labute approximate surface area is 167 Å². The molecule has 29 heavy (non-hydrogen) atoms. The summed E-state index contributed by atoms with van der Waals surface area (Å²) in [5, 5.41) is 7.23. The van der Waals surface area contributed by atoms with Crippen LogP contribution in [-0.2, 0) is 5.54 Å². The number of nitrogens with one attached hydrogen (secondary N) is 2. The van der Waals surface area contributed by atoms with Gasteiger partial charge in [-0.05, 0) is 43.9 Å². The van der Waals surface area contributed by atoms with E-state index in [2.05, 4.69) is 20.4 Å². The highest BCUT2D eigenvalue weighted by Gasteiger charge is 2.41. The van der Waals surface area contributed by atoms with Crippen LogP contribution in [0.4, 0.5) is 0 Å². The fourth-order valence-electron chi connectivity index (χ4n) is 4.96. The van der Waals surface area contributed by atoms with Gasteiger partial charge in [-0.15, -0.1) is 0 Å². The monoisotopic (exact) mass is 395 g/mol. The predicted molar refractivity (Wildman–Crippen MR) is 107 cm³/mol. The number of nitrogens with zero attached hydrogens (tertiary/aromatic N) is 3. The molecule has 2 N–H and O–H groups in total. The van der Waals surface area contributed by atoms with Gasteiger partial charge in [0, 0.05) is 18.5 Å². The molecule has 0 bridgehead atoms. The van der Waals surface area contributed by atoms with Gasteiger partial charge in [-0.2, -0.15) is 4.98 Å². The Morgan fingerprint density at radius 1 is 1.24 bits per heavy atom. The van der Waals surface area contributed by atoms with Crippen LogP contribution in [0.25, 0.3) is 11.0 Å². The fraction of sp³-hybridized carbons (Fsp3) is 0.524. The van der Waals surface area contributed by atoms with Crippen molar-refractivity contribution < 1.29 is 9.32 Å². The summed E-state index contributed by atoms with van der Waals surface area (Å²) in [5.41, 5.74) is 1.39. The quantitative estimate of drug-likeness (QED) is 0.705. The summed E-state index contributed by atoms with van der Waals surface area (Å²) in [4.78, 5) is 32.9. The molecule has 0 aliphatic heterocycles. The molecule has 8 nitrogen and oxygen atoms in total. The third-order valence-corrected chi connectivity index (χ3v) is 6.43. The van der Waals surface area contributed by atoms with Crippen LogP contribution in [0.2, 0.25) is 0 Å². The summed E-state index contributed by atoms with van der Waals surface area (Å²) in [6.07, 6.45) is 7.95. The molecular formula is C21H25N5O3. The lowest BCUT2D eigenvalue weighted by atomic mass is 9.96. The van der Waals surface area contributed by atoms with Crippen molar-refractivity contribution in [3.63, 3.8) is 0 Å². The Hall–Kier alpha value is -2.90. The smallest absolute Gasteiger partial charge is 0.326 e. The number of carbonyl (C=O) groups excluding carboxylic acids is 1. The van der Waals surface area contributed by atoms with E-state index in [-0.39, 0.29) is 17.6 Å². The molecule has 0 radical (unpaired) electrons. The second-order valence-corrected chi connectivity index (χ2v) is 8.35. The van der Waals surface area contributed by atoms with Crippen LogP contribution in [0.3, 0.4) is 0 Å². The Balaban J connectivity index is 1.46. The molecule has 2 aliphatic carbocycles. The van der Waals surface area contributed by atoms with Crippen LogP contribution >= 0.6 is 0 Å². The first kappa shape index (κ1) is 18.1. The molecule has 2 saturated carbocycles. The van der Waals surface area contributed by atoms with E-state index < -0.39 is 5.54 Å². The number of imidazole rings is 1. The molecule has 0 unspecified atom stereocenters. The van der Waals surface area contributed by atoms with Gasteiger partial charge in [0.1, 0.15) is 5.54 Å². The lowest BCUT2D eigenvalue weighted by Crippen LogP contribution is -2.44. The molecule has 0 saturated heterocycles. The number of amides is 1. The van der Waals surface area contributed by atoms with Crippen LogP contribution in [0, 0.1) is 6.92 Å².